The predicted molar refractivity (Wildman–Crippen MR) is 115 cm³/mol. The van der Waals surface area contributed by atoms with Crippen LogP contribution >= 0.6 is 0 Å². The maximum Gasteiger partial charge on any atom is 0.254 e. The van der Waals surface area contributed by atoms with Crippen LogP contribution in [0.4, 0.5) is 5.69 Å². The fraction of sp³-hybridized carbons (Fsp3) is 0.391. The summed E-state index contributed by atoms with van der Waals surface area (Å²) >= 11 is 0. The van der Waals surface area contributed by atoms with Gasteiger partial charge < -0.3 is 19.7 Å². The summed E-state index contributed by atoms with van der Waals surface area (Å²) < 4.78 is 11.2. The zero-order valence-corrected chi connectivity index (χ0v) is 17.7. The lowest BCUT2D eigenvalue weighted by Gasteiger charge is -2.23. The van der Waals surface area contributed by atoms with Crippen molar-refractivity contribution in [1.82, 2.24) is 4.90 Å². The number of amides is 2. The molecule has 2 aromatic rings. The summed E-state index contributed by atoms with van der Waals surface area (Å²) in [5.74, 6) is 1.11. The van der Waals surface area contributed by atoms with Crippen molar-refractivity contribution in [3.05, 3.63) is 53.6 Å². The molecule has 0 aliphatic rings. The lowest BCUT2D eigenvalue weighted by Crippen LogP contribution is -2.31. The van der Waals surface area contributed by atoms with E-state index in [4.69, 9.17) is 9.47 Å². The molecule has 0 spiro atoms. The first kappa shape index (κ1) is 22.3. The Kier molecular flexibility index (Phi) is 8.52. The van der Waals surface area contributed by atoms with Gasteiger partial charge in [-0.1, -0.05) is 26.0 Å². The normalized spacial score (nSPS) is 10.3. The molecule has 0 radical (unpaired) electrons. The number of ether oxygens (including phenoxy) is 2. The molecule has 29 heavy (non-hydrogen) atoms. The van der Waals surface area contributed by atoms with Crippen LogP contribution in [0.5, 0.6) is 11.5 Å². The Labute approximate surface area is 172 Å². The Bertz CT molecular complexity index is 835. The first-order valence-electron chi connectivity index (χ1n) is 9.95. The lowest BCUT2D eigenvalue weighted by molar-refractivity contribution is -0.114. The van der Waals surface area contributed by atoms with Crippen LogP contribution in [0, 0.1) is 0 Å². The topological polar surface area (TPSA) is 67.9 Å². The van der Waals surface area contributed by atoms with Gasteiger partial charge in [-0.15, -0.1) is 0 Å². The number of hydrogen-bond donors (Lipinski definition) is 1. The SMILES string of the molecule is CCCOc1ccc(CN(CCC)C(=O)c2cccc(NC(C)=O)c2)cc1OC. The maximum atomic E-state index is 13.1. The molecule has 6 nitrogen and oxygen atoms in total. The monoisotopic (exact) mass is 398 g/mol. The van der Waals surface area contributed by atoms with E-state index in [-0.39, 0.29) is 11.8 Å². The van der Waals surface area contributed by atoms with E-state index in [1.807, 2.05) is 25.1 Å². The molecule has 0 saturated carbocycles. The summed E-state index contributed by atoms with van der Waals surface area (Å²) in [7, 11) is 1.61. The number of benzene rings is 2. The second-order valence-corrected chi connectivity index (χ2v) is 6.82. The molecule has 0 saturated heterocycles. The van der Waals surface area contributed by atoms with Gasteiger partial charge in [0.05, 0.1) is 13.7 Å². The number of rotatable bonds is 10. The fourth-order valence-corrected chi connectivity index (χ4v) is 3.00. The van der Waals surface area contributed by atoms with Crippen LogP contribution in [-0.4, -0.2) is 37.0 Å². The third-order valence-corrected chi connectivity index (χ3v) is 4.27. The van der Waals surface area contributed by atoms with Gasteiger partial charge in [-0.2, -0.15) is 0 Å². The van der Waals surface area contributed by atoms with Gasteiger partial charge >= 0.3 is 0 Å². The summed E-state index contributed by atoms with van der Waals surface area (Å²) in [6.45, 7) is 7.24. The number of nitrogens with zero attached hydrogens (tertiary/aromatic N) is 1. The first-order valence-corrected chi connectivity index (χ1v) is 9.95. The highest BCUT2D eigenvalue weighted by molar-refractivity contribution is 5.96. The minimum absolute atomic E-state index is 0.0793. The standard InChI is InChI=1S/C23H30N2O4/c1-5-12-25(23(27)19-8-7-9-20(15-19)24-17(3)26)16-18-10-11-21(29-13-6-2)22(14-18)28-4/h7-11,14-15H,5-6,12-13,16H2,1-4H3,(H,24,26). The van der Waals surface area contributed by atoms with Crippen molar-refractivity contribution in [1.29, 1.82) is 0 Å². The highest BCUT2D eigenvalue weighted by Crippen LogP contribution is 2.29. The minimum atomic E-state index is -0.169. The summed E-state index contributed by atoms with van der Waals surface area (Å²) in [5.41, 5.74) is 2.11. The van der Waals surface area contributed by atoms with Gasteiger partial charge in [-0.3, -0.25) is 9.59 Å². The molecule has 1 N–H and O–H groups in total. The molecule has 156 valence electrons. The molecule has 0 fully saturated rings. The highest BCUT2D eigenvalue weighted by atomic mass is 16.5. The number of hydrogen-bond acceptors (Lipinski definition) is 4. The summed E-state index contributed by atoms with van der Waals surface area (Å²) in [5, 5.41) is 2.72. The molecule has 0 bridgehead atoms. The van der Waals surface area contributed by atoms with Gasteiger partial charge in [-0.05, 0) is 48.7 Å². The minimum Gasteiger partial charge on any atom is -0.493 e. The highest BCUT2D eigenvalue weighted by Gasteiger charge is 2.17. The molecule has 2 aromatic carbocycles. The molecule has 2 amide bonds. The van der Waals surface area contributed by atoms with Crippen molar-refractivity contribution in [3.63, 3.8) is 0 Å². The van der Waals surface area contributed by atoms with Crippen LogP contribution in [0.25, 0.3) is 0 Å². The van der Waals surface area contributed by atoms with Crippen LogP contribution in [0.3, 0.4) is 0 Å². The molecule has 0 atom stereocenters. The molecule has 0 aromatic heterocycles. The van der Waals surface area contributed by atoms with Gasteiger partial charge in [0.2, 0.25) is 5.91 Å². The lowest BCUT2D eigenvalue weighted by atomic mass is 10.1. The van der Waals surface area contributed by atoms with Crippen molar-refractivity contribution in [2.24, 2.45) is 0 Å². The number of carbonyl (C=O) groups excluding carboxylic acids is 2. The van der Waals surface area contributed by atoms with Crippen LogP contribution in [-0.2, 0) is 11.3 Å². The van der Waals surface area contributed by atoms with E-state index >= 15 is 0 Å². The Balaban J connectivity index is 2.21. The largest absolute Gasteiger partial charge is 0.493 e. The zero-order chi connectivity index (χ0) is 21.2. The van der Waals surface area contributed by atoms with Crippen LogP contribution < -0.4 is 14.8 Å². The van der Waals surface area contributed by atoms with E-state index in [1.54, 1.807) is 36.3 Å². The van der Waals surface area contributed by atoms with E-state index < -0.39 is 0 Å². The number of carbonyl (C=O) groups is 2. The van der Waals surface area contributed by atoms with Gasteiger partial charge in [0.1, 0.15) is 0 Å². The molecule has 6 heteroatoms. The summed E-state index contributed by atoms with van der Waals surface area (Å²) in [6, 6.07) is 12.8. The van der Waals surface area contributed by atoms with Crippen LogP contribution in [0.15, 0.2) is 42.5 Å². The Morgan fingerprint density at radius 1 is 1.03 bits per heavy atom. The third kappa shape index (κ3) is 6.52. The van der Waals surface area contributed by atoms with E-state index in [2.05, 4.69) is 12.2 Å². The third-order valence-electron chi connectivity index (χ3n) is 4.27. The first-order chi connectivity index (χ1) is 14.0. The average molecular weight is 399 g/mol. The second-order valence-electron chi connectivity index (χ2n) is 6.82. The summed E-state index contributed by atoms with van der Waals surface area (Å²) in [4.78, 5) is 26.2. The van der Waals surface area contributed by atoms with Crippen molar-refractivity contribution < 1.29 is 19.1 Å². The van der Waals surface area contributed by atoms with Crippen molar-refractivity contribution in [2.45, 2.75) is 40.2 Å². The number of methoxy groups -OCH3 is 1. The molecule has 0 aliphatic carbocycles. The van der Waals surface area contributed by atoms with Gasteiger partial charge in [0.15, 0.2) is 11.5 Å². The molecule has 2 rings (SSSR count). The predicted octanol–water partition coefficient (Wildman–Crippen LogP) is 4.49. The second kappa shape index (κ2) is 11.1. The molecular weight excluding hydrogens is 368 g/mol. The van der Waals surface area contributed by atoms with E-state index in [0.29, 0.717) is 42.4 Å². The molecule has 0 heterocycles. The molecular formula is C23H30N2O4. The molecule has 0 aliphatic heterocycles. The van der Waals surface area contributed by atoms with E-state index in [1.165, 1.54) is 6.92 Å². The number of anilines is 1. The zero-order valence-electron chi connectivity index (χ0n) is 17.7. The van der Waals surface area contributed by atoms with Crippen molar-refractivity contribution in [2.75, 3.05) is 25.6 Å². The van der Waals surface area contributed by atoms with Crippen molar-refractivity contribution >= 4 is 17.5 Å². The quantitative estimate of drug-likeness (QED) is 0.640. The fourth-order valence-electron chi connectivity index (χ4n) is 3.00. The van der Waals surface area contributed by atoms with Crippen LogP contribution in [0.2, 0.25) is 0 Å². The Morgan fingerprint density at radius 2 is 1.83 bits per heavy atom. The summed E-state index contributed by atoms with van der Waals surface area (Å²) in [6.07, 6.45) is 1.76. The van der Waals surface area contributed by atoms with Gasteiger partial charge in [0, 0.05) is 31.3 Å². The van der Waals surface area contributed by atoms with E-state index in [0.717, 1.165) is 18.4 Å². The van der Waals surface area contributed by atoms with Gasteiger partial charge in [0.25, 0.3) is 5.91 Å². The van der Waals surface area contributed by atoms with Crippen LogP contribution in [0.1, 0.15) is 49.5 Å². The Morgan fingerprint density at radius 3 is 2.48 bits per heavy atom. The average Bonchev–Trinajstić information content (AvgIpc) is 2.71. The number of nitrogens with one attached hydrogen (secondary N) is 1. The Hall–Kier alpha value is -3.02. The smallest absolute Gasteiger partial charge is 0.254 e. The van der Waals surface area contributed by atoms with Crippen molar-refractivity contribution in [3.8, 4) is 11.5 Å². The van der Waals surface area contributed by atoms with Gasteiger partial charge in [-0.25, -0.2) is 0 Å². The molecule has 0 unspecified atom stereocenters. The van der Waals surface area contributed by atoms with E-state index in [9.17, 15) is 9.59 Å². The maximum absolute atomic E-state index is 13.1.